The van der Waals surface area contributed by atoms with Crippen molar-refractivity contribution in [2.24, 2.45) is 5.73 Å². The third-order valence-corrected chi connectivity index (χ3v) is 6.76. The van der Waals surface area contributed by atoms with Crippen LogP contribution < -0.4 is 29.4 Å². The number of nitrogens with zero attached hydrogens (tertiary/aromatic N) is 1. The quantitative estimate of drug-likeness (QED) is 0.210. The van der Waals surface area contributed by atoms with E-state index in [1.54, 1.807) is 49.6 Å². The lowest BCUT2D eigenvalue weighted by molar-refractivity contribution is 0.0731. The average Bonchev–Trinajstić information content (AvgIpc) is 2.99. The summed E-state index contributed by atoms with van der Waals surface area (Å²) in [6.07, 6.45) is 0. The SMILES string of the molecule is COc1cc(C2C(C#N)=C(N)Oc3cc(OC(=O)c4ccccc4OC)ccc32)ccc1OCc1ccc(C)cc1. The molecule has 0 bridgehead atoms. The predicted octanol–water partition coefficient (Wildman–Crippen LogP) is 6.03. The summed E-state index contributed by atoms with van der Waals surface area (Å²) in [4.78, 5) is 12.8. The second-order valence-corrected chi connectivity index (χ2v) is 9.40. The molecule has 0 radical (unpaired) electrons. The number of allylic oxidation sites excluding steroid dienone is 1. The predicted molar refractivity (Wildman–Crippen MR) is 152 cm³/mol. The van der Waals surface area contributed by atoms with E-state index in [0.717, 1.165) is 11.1 Å². The molecule has 5 rings (SSSR count). The Morgan fingerprint density at radius 1 is 0.927 bits per heavy atom. The van der Waals surface area contributed by atoms with Crippen LogP contribution in [0.5, 0.6) is 28.7 Å². The summed E-state index contributed by atoms with van der Waals surface area (Å²) in [6.45, 7) is 2.41. The number of ether oxygens (including phenoxy) is 5. The fourth-order valence-electron chi connectivity index (χ4n) is 4.65. The highest BCUT2D eigenvalue weighted by atomic mass is 16.5. The fraction of sp³-hybridized carbons (Fsp3) is 0.152. The Labute approximate surface area is 238 Å². The van der Waals surface area contributed by atoms with E-state index in [1.807, 2.05) is 49.4 Å². The first-order chi connectivity index (χ1) is 19.9. The third kappa shape index (κ3) is 5.65. The maximum atomic E-state index is 12.8. The van der Waals surface area contributed by atoms with Gasteiger partial charge in [0.2, 0.25) is 5.88 Å². The van der Waals surface area contributed by atoms with Gasteiger partial charge in [-0.3, -0.25) is 0 Å². The zero-order chi connectivity index (χ0) is 28.9. The molecule has 1 unspecified atom stereocenters. The van der Waals surface area contributed by atoms with Gasteiger partial charge in [0.25, 0.3) is 0 Å². The Morgan fingerprint density at radius 2 is 1.68 bits per heavy atom. The molecular formula is C33H28N2O6. The smallest absolute Gasteiger partial charge is 0.347 e. The van der Waals surface area contributed by atoms with Crippen LogP contribution in [-0.2, 0) is 6.61 Å². The summed E-state index contributed by atoms with van der Waals surface area (Å²) in [7, 11) is 3.05. The molecule has 1 atom stereocenters. The Bertz CT molecular complexity index is 1670. The molecule has 206 valence electrons. The highest BCUT2D eigenvalue weighted by Crippen LogP contribution is 2.45. The highest BCUT2D eigenvalue weighted by molar-refractivity contribution is 5.94. The van der Waals surface area contributed by atoms with E-state index >= 15 is 0 Å². The van der Waals surface area contributed by atoms with E-state index in [9.17, 15) is 10.1 Å². The topological polar surface area (TPSA) is 113 Å². The molecule has 2 N–H and O–H groups in total. The molecule has 8 heteroatoms. The molecule has 4 aromatic rings. The lowest BCUT2D eigenvalue weighted by atomic mass is 9.83. The number of nitrogens with two attached hydrogens (primary N) is 1. The van der Waals surface area contributed by atoms with Crippen LogP contribution in [0.15, 0.2) is 96.4 Å². The van der Waals surface area contributed by atoms with Gasteiger partial charge < -0.3 is 29.4 Å². The van der Waals surface area contributed by atoms with E-state index in [2.05, 4.69) is 6.07 Å². The van der Waals surface area contributed by atoms with E-state index < -0.39 is 11.9 Å². The van der Waals surface area contributed by atoms with Crippen molar-refractivity contribution in [2.45, 2.75) is 19.4 Å². The van der Waals surface area contributed by atoms with Crippen molar-refractivity contribution < 1.29 is 28.5 Å². The minimum absolute atomic E-state index is 0.0307. The number of para-hydroxylation sites is 1. The lowest BCUT2D eigenvalue weighted by Crippen LogP contribution is -2.21. The van der Waals surface area contributed by atoms with Crippen LogP contribution in [-0.4, -0.2) is 20.2 Å². The van der Waals surface area contributed by atoms with E-state index in [1.165, 1.54) is 12.7 Å². The Hall–Kier alpha value is -5.42. The van der Waals surface area contributed by atoms with Crippen LogP contribution >= 0.6 is 0 Å². The molecule has 0 saturated heterocycles. The maximum absolute atomic E-state index is 12.8. The van der Waals surface area contributed by atoms with Crippen molar-refractivity contribution in [3.63, 3.8) is 0 Å². The number of hydrogen-bond donors (Lipinski definition) is 1. The summed E-state index contributed by atoms with van der Waals surface area (Å²) in [5, 5.41) is 9.97. The van der Waals surface area contributed by atoms with Gasteiger partial charge in [-0.1, -0.05) is 54.1 Å². The summed E-state index contributed by atoms with van der Waals surface area (Å²) < 4.78 is 28.3. The number of rotatable bonds is 8. The van der Waals surface area contributed by atoms with Crippen LogP contribution in [0.1, 0.15) is 38.5 Å². The molecule has 0 aromatic heterocycles. The number of nitriles is 1. The molecule has 0 spiro atoms. The highest BCUT2D eigenvalue weighted by Gasteiger charge is 2.32. The molecule has 41 heavy (non-hydrogen) atoms. The van der Waals surface area contributed by atoms with Crippen LogP contribution in [0, 0.1) is 18.3 Å². The molecule has 0 aliphatic carbocycles. The first-order valence-electron chi connectivity index (χ1n) is 12.8. The van der Waals surface area contributed by atoms with Gasteiger partial charge in [0.05, 0.1) is 20.1 Å². The van der Waals surface area contributed by atoms with Crippen molar-refractivity contribution in [3.05, 3.63) is 124 Å². The molecule has 1 heterocycles. The monoisotopic (exact) mass is 548 g/mol. The van der Waals surface area contributed by atoms with E-state index in [-0.39, 0.29) is 22.8 Å². The summed E-state index contributed by atoms with van der Waals surface area (Å²) in [6, 6.07) is 27.6. The molecule has 8 nitrogen and oxygen atoms in total. The van der Waals surface area contributed by atoms with Gasteiger partial charge in [-0.2, -0.15) is 5.26 Å². The van der Waals surface area contributed by atoms with Gasteiger partial charge in [-0.15, -0.1) is 0 Å². The number of carbonyl (C=O) groups is 1. The van der Waals surface area contributed by atoms with Crippen LogP contribution in [0.25, 0.3) is 0 Å². The van der Waals surface area contributed by atoms with Crippen LogP contribution in [0.4, 0.5) is 0 Å². The van der Waals surface area contributed by atoms with Crippen LogP contribution in [0.3, 0.4) is 0 Å². The first kappa shape index (κ1) is 27.2. The van der Waals surface area contributed by atoms with Crippen molar-refractivity contribution in [2.75, 3.05) is 14.2 Å². The van der Waals surface area contributed by atoms with Crippen molar-refractivity contribution in [3.8, 4) is 34.8 Å². The van der Waals surface area contributed by atoms with Crippen LogP contribution in [0.2, 0.25) is 0 Å². The molecular weight excluding hydrogens is 520 g/mol. The Balaban J connectivity index is 1.43. The number of esters is 1. The number of benzene rings is 4. The van der Waals surface area contributed by atoms with Gasteiger partial charge in [-0.25, -0.2) is 4.79 Å². The zero-order valence-electron chi connectivity index (χ0n) is 22.8. The zero-order valence-corrected chi connectivity index (χ0v) is 22.8. The molecule has 0 saturated carbocycles. The third-order valence-electron chi connectivity index (χ3n) is 6.76. The van der Waals surface area contributed by atoms with E-state index in [0.29, 0.717) is 35.2 Å². The van der Waals surface area contributed by atoms with Gasteiger partial charge in [-0.05, 0) is 48.4 Å². The molecule has 4 aromatic carbocycles. The molecule has 0 fully saturated rings. The van der Waals surface area contributed by atoms with Gasteiger partial charge in [0, 0.05) is 11.6 Å². The number of aryl methyl sites for hydroxylation is 1. The standard InChI is InChI=1S/C33H28N2O6/c1-20-8-10-21(11-9-20)19-39-28-15-12-22(16-30(28)38-3)31-24-14-13-23(17-29(24)41-32(35)26(31)18-34)40-33(36)25-6-4-5-7-27(25)37-2/h4-17,31H,19,35H2,1-3H3. The molecule has 0 amide bonds. The number of carbonyl (C=O) groups excluding carboxylic acids is 1. The van der Waals surface area contributed by atoms with E-state index in [4.69, 9.17) is 29.4 Å². The fourth-order valence-corrected chi connectivity index (χ4v) is 4.65. The maximum Gasteiger partial charge on any atom is 0.347 e. The second kappa shape index (κ2) is 11.8. The Morgan fingerprint density at radius 3 is 2.41 bits per heavy atom. The summed E-state index contributed by atoms with van der Waals surface area (Å²) in [5.41, 5.74) is 10.4. The van der Waals surface area contributed by atoms with Crippen molar-refractivity contribution in [1.82, 2.24) is 0 Å². The summed E-state index contributed by atoms with van der Waals surface area (Å²) >= 11 is 0. The largest absolute Gasteiger partial charge is 0.496 e. The normalized spacial score (nSPS) is 13.9. The van der Waals surface area contributed by atoms with Gasteiger partial charge in [0.15, 0.2) is 11.5 Å². The minimum atomic E-state index is -0.582. The minimum Gasteiger partial charge on any atom is -0.496 e. The first-order valence-corrected chi connectivity index (χ1v) is 12.8. The second-order valence-electron chi connectivity index (χ2n) is 9.40. The average molecular weight is 549 g/mol. The Kier molecular flexibility index (Phi) is 7.79. The molecule has 1 aliphatic heterocycles. The number of fused-ring (bicyclic) bond motifs is 1. The number of methoxy groups -OCH3 is 2. The van der Waals surface area contributed by atoms with Crippen molar-refractivity contribution in [1.29, 1.82) is 5.26 Å². The van der Waals surface area contributed by atoms with Gasteiger partial charge >= 0.3 is 5.97 Å². The van der Waals surface area contributed by atoms with Crippen molar-refractivity contribution >= 4 is 5.97 Å². The summed E-state index contributed by atoms with van der Waals surface area (Å²) in [5.74, 6) is 0.956. The number of hydrogen-bond acceptors (Lipinski definition) is 8. The van der Waals surface area contributed by atoms with Gasteiger partial charge in [0.1, 0.15) is 41.1 Å². The molecule has 1 aliphatic rings. The lowest BCUT2D eigenvalue weighted by Gasteiger charge is -2.27.